The lowest BCUT2D eigenvalue weighted by Gasteiger charge is -2.31. The molecule has 2 atom stereocenters. The molecule has 2 fully saturated rings. The molecule has 0 spiro atoms. The van der Waals surface area contributed by atoms with Crippen LogP contribution >= 0.6 is 11.3 Å². The number of fused-ring (bicyclic) bond motifs is 1. The molecule has 118 valence electrons. The third-order valence-electron chi connectivity index (χ3n) is 5.05. The molecule has 1 saturated carbocycles. The molecule has 0 amide bonds. The van der Waals surface area contributed by atoms with Gasteiger partial charge in [0.05, 0.1) is 5.69 Å². The molecule has 0 aromatic carbocycles. The van der Waals surface area contributed by atoms with Crippen molar-refractivity contribution in [2.75, 3.05) is 18.0 Å². The number of anilines is 1. The van der Waals surface area contributed by atoms with Gasteiger partial charge in [-0.25, -0.2) is 4.98 Å². The molecule has 2 unspecified atom stereocenters. The highest BCUT2D eigenvalue weighted by Gasteiger charge is 2.37. The number of thiazole rings is 1. The van der Waals surface area contributed by atoms with E-state index in [-0.39, 0.29) is 0 Å². The van der Waals surface area contributed by atoms with E-state index in [4.69, 9.17) is 4.98 Å². The predicted molar refractivity (Wildman–Crippen MR) is 91.3 cm³/mol. The van der Waals surface area contributed by atoms with E-state index in [2.05, 4.69) is 31.0 Å². The van der Waals surface area contributed by atoms with Crippen LogP contribution in [0.4, 0.5) is 5.13 Å². The lowest BCUT2D eigenvalue weighted by Crippen LogP contribution is -2.34. The van der Waals surface area contributed by atoms with Crippen LogP contribution in [0.2, 0.25) is 0 Å². The van der Waals surface area contributed by atoms with E-state index in [1.807, 2.05) is 11.3 Å². The highest BCUT2D eigenvalue weighted by atomic mass is 32.1. The third kappa shape index (κ3) is 3.11. The van der Waals surface area contributed by atoms with Crippen LogP contribution < -0.4 is 10.2 Å². The number of rotatable bonds is 5. The highest BCUT2D eigenvalue weighted by molar-refractivity contribution is 7.15. The highest BCUT2D eigenvalue weighted by Crippen LogP contribution is 2.41. The second-order valence-corrected chi connectivity index (χ2v) is 7.90. The maximum absolute atomic E-state index is 5.04. The maximum Gasteiger partial charge on any atom is 0.186 e. The molecule has 4 heteroatoms. The summed E-state index contributed by atoms with van der Waals surface area (Å²) in [6, 6.07) is 0.775. The van der Waals surface area contributed by atoms with Gasteiger partial charge >= 0.3 is 0 Å². The molecule has 3 rings (SSSR count). The first-order valence-electron chi connectivity index (χ1n) is 8.67. The van der Waals surface area contributed by atoms with Gasteiger partial charge in [0.1, 0.15) is 0 Å². The van der Waals surface area contributed by atoms with Crippen LogP contribution in [0.5, 0.6) is 0 Å². The Bertz CT molecular complexity index is 469. The van der Waals surface area contributed by atoms with Gasteiger partial charge in [-0.2, -0.15) is 0 Å². The van der Waals surface area contributed by atoms with Crippen LogP contribution in [-0.4, -0.2) is 24.1 Å². The van der Waals surface area contributed by atoms with Gasteiger partial charge in [-0.1, -0.05) is 33.6 Å². The quantitative estimate of drug-likeness (QED) is 0.886. The Balaban J connectivity index is 1.81. The van der Waals surface area contributed by atoms with E-state index >= 15 is 0 Å². The van der Waals surface area contributed by atoms with Gasteiger partial charge < -0.3 is 10.2 Å². The Kier molecular flexibility index (Phi) is 4.85. The second-order valence-electron chi connectivity index (χ2n) is 6.83. The van der Waals surface area contributed by atoms with Crippen molar-refractivity contribution in [3.63, 3.8) is 0 Å². The molecule has 0 radical (unpaired) electrons. The molecule has 21 heavy (non-hydrogen) atoms. The summed E-state index contributed by atoms with van der Waals surface area (Å²) in [4.78, 5) is 9.12. The average Bonchev–Trinajstić information content (AvgIpc) is 3.08. The van der Waals surface area contributed by atoms with Crippen molar-refractivity contribution in [1.82, 2.24) is 10.3 Å². The summed E-state index contributed by atoms with van der Waals surface area (Å²) in [6.45, 7) is 9.93. The van der Waals surface area contributed by atoms with Gasteiger partial charge in [0.15, 0.2) is 5.13 Å². The standard InChI is InChI=1S/C17H29N3S/c1-4-18-11-15-16(12(2)3)19-17(21-15)20-10-9-13-7-5-6-8-14(13)20/h12-14,18H,4-11H2,1-3H3. The molecule has 2 heterocycles. The molecular formula is C17H29N3S. The lowest BCUT2D eigenvalue weighted by atomic mass is 9.85. The number of hydrogen-bond donors (Lipinski definition) is 1. The fraction of sp³-hybridized carbons (Fsp3) is 0.824. The van der Waals surface area contributed by atoms with Gasteiger partial charge in [-0.15, -0.1) is 11.3 Å². The summed E-state index contributed by atoms with van der Waals surface area (Å²) in [5, 5.41) is 4.76. The Morgan fingerprint density at radius 1 is 1.29 bits per heavy atom. The molecule has 1 aromatic heterocycles. The Morgan fingerprint density at radius 3 is 2.86 bits per heavy atom. The number of aromatic nitrogens is 1. The smallest absolute Gasteiger partial charge is 0.186 e. The van der Waals surface area contributed by atoms with Crippen molar-refractivity contribution in [1.29, 1.82) is 0 Å². The average molecular weight is 308 g/mol. The maximum atomic E-state index is 5.04. The van der Waals surface area contributed by atoms with Crippen LogP contribution in [0, 0.1) is 5.92 Å². The molecule has 3 nitrogen and oxygen atoms in total. The van der Waals surface area contributed by atoms with E-state index in [0.717, 1.165) is 25.0 Å². The number of nitrogens with zero attached hydrogens (tertiary/aromatic N) is 2. The lowest BCUT2D eigenvalue weighted by molar-refractivity contribution is 0.342. The normalized spacial score (nSPS) is 25.6. The summed E-state index contributed by atoms with van der Waals surface area (Å²) < 4.78 is 0. The largest absolute Gasteiger partial charge is 0.345 e. The summed E-state index contributed by atoms with van der Waals surface area (Å²) >= 11 is 1.93. The van der Waals surface area contributed by atoms with Crippen molar-refractivity contribution in [3.8, 4) is 0 Å². The zero-order valence-corrected chi connectivity index (χ0v) is 14.5. The number of nitrogens with one attached hydrogen (secondary N) is 1. The first-order valence-corrected chi connectivity index (χ1v) is 9.49. The summed E-state index contributed by atoms with van der Waals surface area (Å²) in [6.07, 6.45) is 7.04. The SMILES string of the molecule is CCNCc1sc(N2CCC3CCCCC32)nc1C(C)C. The molecule has 1 aliphatic carbocycles. The van der Waals surface area contributed by atoms with E-state index in [0.29, 0.717) is 5.92 Å². The molecule has 1 aromatic rings. The van der Waals surface area contributed by atoms with Gasteiger partial charge in [0, 0.05) is 24.0 Å². The van der Waals surface area contributed by atoms with Gasteiger partial charge in [0.2, 0.25) is 0 Å². The van der Waals surface area contributed by atoms with Crippen molar-refractivity contribution >= 4 is 16.5 Å². The van der Waals surface area contributed by atoms with Gasteiger partial charge in [0.25, 0.3) is 0 Å². The molecule has 1 saturated heterocycles. The van der Waals surface area contributed by atoms with Crippen LogP contribution in [0.1, 0.15) is 69.4 Å². The van der Waals surface area contributed by atoms with Crippen LogP contribution in [0.3, 0.4) is 0 Å². The minimum atomic E-state index is 0.522. The van der Waals surface area contributed by atoms with E-state index < -0.39 is 0 Å². The Hall–Kier alpha value is -0.610. The first kappa shape index (κ1) is 15.3. The van der Waals surface area contributed by atoms with Crippen LogP contribution in [0.15, 0.2) is 0 Å². The Morgan fingerprint density at radius 2 is 2.10 bits per heavy atom. The van der Waals surface area contributed by atoms with Gasteiger partial charge in [-0.3, -0.25) is 0 Å². The fourth-order valence-electron chi connectivity index (χ4n) is 3.93. The topological polar surface area (TPSA) is 28.2 Å². The fourth-order valence-corrected chi connectivity index (χ4v) is 5.20. The molecule has 0 bridgehead atoms. The summed E-state index contributed by atoms with van der Waals surface area (Å²) in [7, 11) is 0. The molecule has 1 N–H and O–H groups in total. The zero-order valence-electron chi connectivity index (χ0n) is 13.7. The predicted octanol–water partition coefficient (Wildman–Crippen LogP) is 4.14. The van der Waals surface area contributed by atoms with E-state index in [9.17, 15) is 0 Å². The van der Waals surface area contributed by atoms with Crippen molar-refractivity contribution in [2.24, 2.45) is 5.92 Å². The van der Waals surface area contributed by atoms with E-state index in [1.54, 1.807) is 0 Å². The second kappa shape index (κ2) is 6.66. The first-order chi connectivity index (χ1) is 10.2. The summed E-state index contributed by atoms with van der Waals surface area (Å²) in [5.74, 6) is 1.45. The zero-order chi connectivity index (χ0) is 14.8. The third-order valence-corrected chi connectivity index (χ3v) is 6.16. The molecule has 2 aliphatic rings. The summed E-state index contributed by atoms with van der Waals surface area (Å²) in [5.41, 5.74) is 1.32. The Labute approximate surface area is 133 Å². The molecule has 1 aliphatic heterocycles. The van der Waals surface area contributed by atoms with Crippen molar-refractivity contribution < 1.29 is 0 Å². The minimum absolute atomic E-state index is 0.522. The minimum Gasteiger partial charge on any atom is -0.345 e. The van der Waals surface area contributed by atoms with E-state index in [1.165, 1.54) is 54.4 Å². The molecular weight excluding hydrogens is 278 g/mol. The van der Waals surface area contributed by atoms with Crippen LogP contribution in [-0.2, 0) is 6.54 Å². The number of hydrogen-bond acceptors (Lipinski definition) is 4. The van der Waals surface area contributed by atoms with Crippen molar-refractivity contribution in [2.45, 2.75) is 71.4 Å². The van der Waals surface area contributed by atoms with Crippen LogP contribution in [0.25, 0.3) is 0 Å². The van der Waals surface area contributed by atoms with Crippen molar-refractivity contribution in [3.05, 3.63) is 10.6 Å². The van der Waals surface area contributed by atoms with Gasteiger partial charge in [-0.05, 0) is 37.6 Å². The monoisotopic (exact) mass is 307 g/mol.